The predicted octanol–water partition coefficient (Wildman–Crippen LogP) is 0.380. The van der Waals surface area contributed by atoms with Crippen molar-refractivity contribution in [1.29, 1.82) is 0 Å². The second-order valence-corrected chi connectivity index (χ2v) is 3.78. The summed E-state index contributed by atoms with van der Waals surface area (Å²) in [7, 11) is 0. The van der Waals surface area contributed by atoms with Gasteiger partial charge in [-0.1, -0.05) is 0 Å². The van der Waals surface area contributed by atoms with Gasteiger partial charge in [0.25, 0.3) is 0 Å². The number of hydrogen-bond donors (Lipinski definition) is 1. The lowest BCUT2D eigenvalue weighted by molar-refractivity contribution is -0.135. The SMILES string of the molecule is O=C1CCC[C@H]2[C@@H](CO)CCN12. The Morgan fingerprint density at radius 3 is 3.08 bits per heavy atom. The zero-order valence-electron chi connectivity index (χ0n) is 7.20. The van der Waals surface area contributed by atoms with Crippen molar-refractivity contribution in [1.82, 2.24) is 4.90 Å². The molecule has 2 atom stereocenters. The maximum Gasteiger partial charge on any atom is 0.222 e. The van der Waals surface area contributed by atoms with E-state index in [0.717, 1.165) is 25.8 Å². The molecule has 2 aliphatic heterocycles. The summed E-state index contributed by atoms with van der Waals surface area (Å²) in [5.74, 6) is 0.649. The standard InChI is InChI=1S/C9H15NO2/c11-6-7-4-5-10-8(7)2-1-3-9(10)12/h7-8,11H,1-6H2/t7-,8+/m1/s1. The fourth-order valence-electron chi connectivity index (χ4n) is 2.44. The molecule has 2 saturated heterocycles. The molecule has 2 aliphatic rings. The summed E-state index contributed by atoms with van der Waals surface area (Å²) in [6.07, 6.45) is 3.81. The number of carbonyl (C=O) groups excluding carboxylic acids is 1. The fraction of sp³-hybridized carbons (Fsp3) is 0.889. The molecule has 3 nitrogen and oxygen atoms in total. The largest absolute Gasteiger partial charge is 0.396 e. The van der Waals surface area contributed by atoms with Crippen molar-refractivity contribution in [3.05, 3.63) is 0 Å². The van der Waals surface area contributed by atoms with Gasteiger partial charge in [0.2, 0.25) is 5.91 Å². The Balaban J connectivity index is 2.08. The van der Waals surface area contributed by atoms with Crippen LogP contribution in [0.5, 0.6) is 0 Å². The van der Waals surface area contributed by atoms with Gasteiger partial charge in [0, 0.05) is 31.5 Å². The number of carbonyl (C=O) groups is 1. The summed E-state index contributed by atoms with van der Waals surface area (Å²) in [5.41, 5.74) is 0. The van der Waals surface area contributed by atoms with Gasteiger partial charge in [-0.2, -0.15) is 0 Å². The zero-order valence-corrected chi connectivity index (χ0v) is 7.20. The van der Waals surface area contributed by atoms with Gasteiger partial charge in [-0.25, -0.2) is 0 Å². The van der Waals surface area contributed by atoms with Crippen LogP contribution in [-0.2, 0) is 4.79 Å². The molecule has 0 saturated carbocycles. The van der Waals surface area contributed by atoms with Crippen molar-refractivity contribution >= 4 is 5.91 Å². The topological polar surface area (TPSA) is 40.5 Å². The van der Waals surface area contributed by atoms with Crippen molar-refractivity contribution in [2.24, 2.45) is 5.92 Å². The average molecular weight is 169 g/mol. The van der Waals surface area contributed by atoms with Gasteiger partial charge in [-0.05, 0) is 19.3 Å². The van der Waals surface area contributed by atoms with Crippen LogP contribution in [0.15, 0.2) is 0 Å². The first-order valence-electron chi connectivity index (χ1n) is 4.73. The van der Waals surface area contributed by atoms with E-state index in [1.807, 2.05) is 4.90 Å². The van der Waals surface area contributed by atoms with Crippen LogP contribution in [0.4, 0.5) is 0 Å². The number of hydrogen-bond acceptors (Lipinski definition) is 2. The maximum absolute atomic E-state index is 11.4. The Kier molecular flexibility index (Phi) is 2.05. The van der Waals surface area contributed by atoms with Crippen molar-refractivity contribution in [3.8, 4) is 0 Å². The number of aliphatic hydroxyl groups excluding tert-OH is 1. The van der Waals surface area contributed by atoms with E-state index < -0.39 is 0 Å². The summed E-state index contributed by atoms with van der Waals surface area (Å²) in [5, 5.41) is 9.05. The van der Waals surface area contributed by atoms with E-state index in [-0.39, 0.29) is 6.61 Å². The lowest BCUT2D eigenvalue weighted by atomic mass is 9.94. The maximum atomic E-state index is 11.4. The molecule has 0 aromatic rings. The van der Waals surface area contributed by atoms with E-state index in [2.05, 4.69) is 0 Å². The smallest absolute Gasteiger partial charge is 0.222 e. The fourth-order valence-corrected chi connectivity index (χ4v) is 2.44. The van der Waals surface area contributed by atoms with Crippen LogP contribution in [0.25, 0.3) is 0 Å². The van der Waals surface area contributed by atoms with Crippen LogP contribution < -0.4 is 0 Å². The van der Waals surface area contributed by atoms with Gasteiger partial charge in [0.1, 0.15) is 0 Å². The number of amides is 1. The molecule has 0 aromatic heterocycles. The molecular formula is C9H15NO2. The third-order valence-corrected chi connectivity index (χ3v) is 3.13. The molecule has 2 rings (SSSR count). The summed E-state index contributed by atoms with van der Waals surface area (Å²) in [6.45, 7) is 1.11. The molecule has 3 heteroatoms. The molecule has 2 heterocycles. The summed E-state index contributed by atoms with van der Waals surface area (Å²) < 4.78 is 0. The van der Waals surface area contributed by atoms with Crippen LogP contribution >= 0.6 is 0 Å². The summed E-state index contributed by atoms with van der Waals surface area (Å²) >= 11 is 0. The van der Waals surface area contributed by atoms with Gasteiger partial charge in [0.15, 0.2) is 0 Å². The third-order valence-electron chi connectivity index (χ3n) is 3.13. The Bertz CT molecular complexity index is 193. The highest BCUT2D eigenvalue weighted by atomic mass is 16.3. The van der Waals surface area contributed by atoms with Crippen LogP contribution in [-0.4, -0.2) is 35.1 Å². The highest BCUT2D eigenvalue weighted by molar-refractivity contribution is 5.77. The molecule has 68 valence electrons. The van der Waals surface area contributed by atoms with Gasteiger partial charge < -0.3 is 10.0 Å². The van der Waals surface area contributed by atoms with E-state index >= 15 is 0 Å². The number of nitrogens with zero attached hydrogens (tertiary/aromatic N) is 1. The van der Waals surface area contributed by atoms with E-state index in [0.29, 0.717) is 24.3 Å². The molecule has 0 aliphatic carbocycles. The van der Waals surface area contributed by atoms with E-state index in [1.54, 1.807) is 0 Å². The zero-order chi connectivity index (χ0) is 8.55. The summed E-state index contributed by atoms with van der Waals surface area (Å²) in [6, 6.07) is 0.358. The molecule has 1 amide bonds. The van der Waals surface area contributed by atoms with Gasteiger partial charge in [-0.3, -0.25) is 4.79 Å². The minimum absolute atomic E-state index is 0.244. The molecule has 0 spiro atoms. The van der Waals surface area contributed by atoms with Crippen molar-refractivity contribution in [2.45, 2.75) is 31.7 Å². The molecule has 0 bridgehead atoms. The van der Waals surface area contributed by atoms with Gasteiger partial charge >= 0.3 is 0 Å². The van der Waals surface area contributed by atoms with Gasteiger partial charge in [-0.15, -0.1) is 0 Å². The lowest BCUT2D eigenvalue weighted by Crippen LogP contribution is -2.41. The van der Waals surface area contributed by atoms with E-state index in [4.69, 9.17) is 5.11 Å². The quantitative estimate of drug-likeness (QED) is 0.616. The van der Waals surface area contributed by atoms with Crippen LogP contribution in [0.2, 0.25) is 0 Å². The van der Waals surface area contributed by atoms with Crippen LogP contribution in [0.3, 0.4) is 0 Å². The second kappa shape index (κ2) is 3.05. The molecule has 0 radical (unpaired) electrons. The van der Waals surface area contributed by atoms with E-state index in [9.17, 15) is 4.79 Å². The number of rotatable bonds is 1. The predicted molar refractivity (Wildman–Crippen MR) is 44.5 cm³/mol. The molecule has 2 fully saturated rings. The Hall–Kier alpha value is -0.570. The highest BCUT2D eigenvalue weighted by Crippen LogP contribution is 2.31. The molecule has 1 N–H and O–H groups in total. The van der Waals surface area contributed by atoms with Crippen LogP contribution in [0, 0.1) is 5.92 Å². The Labute approximate surface area is 72.4 Å². The first kappa shape index (κ1) is 8.05. The number of piperidine rings is 1. The highest BCUT2D eigenvalue weighted by Gasteiger charge is 2.38. The average Bonchev–Trinajstić information content (AvgIpc) is 2.49. The van der Waals surface area contributed by atoms with Gasteiger partial charge in [0.05, 0.1) is 0 Å². The van der Waals surface area contributed by atoms with Crippen molar-refractivity contribution in [2.75, 3.05) is 13.2 Å². The lowest BCUT2D eigenvalue weighted by Gasteiger charge is -2.31. The molecular weight excluding hydrogens is 154 g/mol. The van der Waals surface area contributed by atoms with E-state index in [1.165, 1.54) is 0 Å². The molecule has 0 unspecified atom stereocenters. The molecule has 0 aromatic carbocycles. The summed E-state index contributed by atoms with van der Waals surface area (Å²) in [4.78, 5) is 13.3. The van der Waals surface area contributed by atoms with Crippen LogP contribution in [0.1, 0.15) is 25.7 Å². The Morgan fingerprint density at radius 2 is 2.33 bits per heavy atom. The third kappa shape index (κ3) is 1.12. The second-order valence-electron chi connectivity index (χ2n) is 3.78. The monoisotopic (exact) mass is 169 g/mol. The number of aliphatic hydroxyl groups is 1. The minimum atomic E-state index is 0.244. The Morgan fingerprint density at radius 1 is 1.50 bits per heavy atom. The first-order chi connectivity index (χ1) is 5.83. The first-order valence-corrected chi connectivity index (χ1v) is 4.73. The van der Waals surface area contributed by atoms with Crippen molar-refractivity contribution in [3.63, 3.8) is 0 Å². The molecule has 12 heavy (non-hydrogen) atoms. The normalized spacial score (nSPS) is 35.4. The number of fused-ring (bicyclic) bond motifs is 1. The van der Waals surface area contributed by atoms with Crippen molar-refractivity contribution < 1.29 is 9.90 Å². The minimum Gasteiger partial charge on any atom is -0.396 e.